The van der Waals surface area contributed by atoms with E-state index in [4.69, 9.17) is 4.42 Å². The smallest absolute Gasteiger partial charge is 0.252 e. The Hall–Kier alpha value is -7.76. The molecule has 0 fully saturated rings. The lowest BCUT2D eigenvalue weighted by atomic mass is 9.33. The van der Waals surface area contributed by atoms with Crippen LogP contribution in [-0.2, 0) is 16.2 Å². The molecule has 0 radical (unpaired) electrons. The molecule has 12 rings (SSSR count). The van der Waals surface area contributed by atoms with E-state index >= 15 is 0 Å². The molecule has 1 aromatic heterocycles. The maximum atomic E-state index is 6.90. The Morgan fingerprint density at radius 1 is 0.408 bits per heavy atom. The van der Waals surface area contributed by atoms with Crippen LogP contribution in [0.25, 0.3) is 33.1 Å². The highest BCUT2D eigenvalue weighted by atomic mass is 16.3. The van der Waals surface area contributed by atoms with E-state index in [1.54, 1.807) is 0 Å². The molecular formula is C66H60BN3O. The largest absolute Gasteiger partial charge is 0.454 e. The molecule has 0 unspecified atom stereocenters. The van der Waals surface area contributed by atoms with Gasteiger partial charge >= 0.3 is 0 Å². The molecule has 0 bridgehead atoms. The van der Waals surface area contributed by atoms with Crippen LogP contribution in [0, 0.1) is 0 Å². The predicted octanol–water partition coefficient (Wildman–Crippen LogP) is 16.7. The van der Waals surface area contributed by atoms with Crippen molar-refractivity contribution in [2.45, 2.75) is 78.6 Å². The lowest BCUT2D eigenvalue weighted by Crippen LogP contribution is -2.61. The van der Waals surface area contributed by atoms with Crippen LogP contribution in [0.2, 0.25) is 0 Å². The van der Waals surface area contributed by atoms with Crippen molar-refractivity contribution in [3.05, 3.63) is 217 Å². The van der Waals surface area contributed by atoms with Crippen LogP contribution >= 0.6 is 0 Å². The van der Waals surface area contributed by atoms with Gasteiger partial charge in [0.05, 0.1) is 17.1 Å². The number of nitrogens with zero attached hydrogens (tertiary/aromatic N) is 3. The molecule has 0 N–H and O–H groups in total. The summed E-state index contributed by atoms with van der Waals surface area (Å²) in [5.41, 5.74) is 21.7. The average Bonchev–Trinajstić information content (AvgIpc) is 3.75. The van der Waals surface area contributed by atoms with Crippen LogP contribution in [0.5, 0.6) is 0 Å². The van der Waals surface area contributed by atoms with Crippen LogP contribution in [-0.4, -0.2) is 6.71 Å². The maximum Gasteiger partial charge on any atom is 0.252 e. The van der Waals surface area contributed by atoms with Crippen molar-refractivity contribution in [3.8, 4) is 11.1 Å². The number of hydrogen-bond donors (Lipinski definition) is 0. The summed E-state index contributed by atoms with van der Waals surface area (Å²) >= 11 is 0. The first kappa shape index (κ1) is 44.5. The first-order valence-electron chi connectivity index (χ1n) is 25.2. The molecule has 71 heavy (non-hydrogen) atoms. The second kappa shape index (κ2) is 16.4. The third-order valence-corrected chi connectivity index (χ3v) is 14.9. The zero-order valence-corrected chi connectivity index (χ0v) is 42.4. The van der Waals surface area contributed by atoms with Crippen molar-refractivity contribution < 1.29 is 4.42 Å². The predicted molar refractivity (Wildman–Crippen MR) is 304 cm³/mol. The van der Waals surface area contributed by atoms with Crippen molar-refractivity contribution in [1.29, 1.82) is 0 Å². The van der Waals surface area contributed by atoms with Gasteiger partial charge in [-0.2, -0.15) is 0 Å². The number of furan rings is 1. The summed E-state index contributed by atoms with van der Waals surface area (Å²) in [7, 11) is 0. The summed E-state index contributed by atoms with van der Waals surface area (Å²) in [5, 5.41) is 2.19. The molecule has 0 saturated heterocycles. The second-order valence-electron chi connectivity index (χ2n) is 22.7. The minimum atomic E-state index is -0.0752. The summed E-state index contributed by atoms with van der Waals surface area (Å²) in [5.74, 6) is 0. The molecule has 4 nitrogen and oxygen atoms in total. The Labute approximate surface area is 419 Å². The summed E-state index contributed by atoms with van der Waals surface area (Å²) in [6.45, 7) is 20.8. The van der Waals surface area contributed by atoms with E-state index in [-0.39, 0.29) is 23.0 Å². The average molecular weight is 922 g/mol. The summed E-state index contributed by atoms with van der Waals surface area (Å²) in [4.78, 5) is 7.54. The molecular weight excluding hydrogens is 862 g/mol. The summed E-state index contributed by atoms with van der Waals surface area (Å²) in [6, 6.07) is 74.4. The van der Waals surface area contributed by atoms with Crippen LogP contribution in [0.15, 0.2) is 205 Å². The van der Waals surface area contributed by atoms with E-state index in [1.165, 1.54) is 55.6 Å². The highest BCUT2D eigenvalue weighted by Crippen LogP contribution is 2.51. The van der Waals surface area contributed by atoms with Gasteiger partial charge in [-0.25, -0.2) is 0 Å². The zero-order valence-electron chi connectivity index (χ0n) is 42.4. The van der Waals surface area contributed by atoms with Gasteiger partial charge in [0.1, 0.15) is 5.58 Å². The van der Waals surface area contributed by atoms with Gasteiger partial charge in [0.15, 0.2) is 5.58 Å². The fourth-order valence-corrected chi connectivity index (χ4v) is 11.1. The zero-order chi connectivity index (χ0) is 49.0. The standard InChI is InChI=1S/C66H60BN3O/c1-64(2,3)44-31-35-48(36-32-44)69-56-37-33-45(65(4,5)6)39-53(56)67-54-40-46(66(7,8)9)34-38-57(54)70(55-28-18-16-25-50(55)43-21-12-10-13-22-43)60-42-49(41-59(69)62(60)67)68(47-23-14-11-15-24-47)58-29-20-27-52-51-26-17-19-30-61(51)71-63(52)58/h10-42H,1-9H3. The summed E-state index contributed by atoms with van der Waals surface area (Å²) < 4.78 is 6.90. The lowest BCUT2D eigenvalue weighted by molar-refractivity contribution is 0.590. The molecule has 2 aliphatic heterocycles. The number of para-hydroxylation sites is 4. The Kier molecular flexibility index (Phi) is 10.3. The molecule has 10 aromatic rings. The quantitative estimate of drug-likeness (QED) is 0.155. The van der Waals surface area contributed by atoms with E-state index in [1.807, 2.05) is 0 Å². The first-order chi connectivity index (χ1) is 34.1. The second-order valence-corrected chi connectivity index (χ2v) is 22.7. The molecule has 0 amide bonds. The highest BCUT2D eigenvalue weighted by molar-refractivity contribution is 7.00. The topological polar surface area (TPSA) is 22.9 Å². The molecule has 5 heteroatoms. The Balaban J connectivity index is 1.24. The first-order valence-corrected chi connectivity index (χ1v) is 25.2. The highest BCUT2D eigenvalue weighted by Gasteiger charge is 2.45. The van der Waals surface area contributed by atoms with Crippen molar-refractivity contribution >= 4 is 96.2 Å². The van der Waals surface area contributed by atoms with Gasteiger partial charge in [0.25, 0.3) is 6.71 Å². The third-order valence-electron chi connectivity index (χ3n) is 14.9. The third kappa shape index (κ3) is 7.44. The number of fused-ring (bicyclic) bond motifs is 7. The van der Waals surface area contributed by atoms with Gasteiger partial charge in [-0.1, -0.05) is 196 Å². The maximum absolute atomic E-state index is 6.90. The van der Waals surface area contributed by atoms with Crippen LogP contribution in [0.3, 0.4) is 0 Å². The minimum Gasteiger partial charge on any atom is -0.454 e. The van der Waals surface area contributed by atoms with Gasteiger partial charge < -0.3 is 19.1 Å². The minimum absolute atomic E-state index is 0.000895. The molecule has 2 aliphatic rings. The van der Waals surface area contributed by atoms with Gasteiger partial charge in [-0.05, 0) is 122 Å². The van der Waals surface area contributed by atoms with Crippen molar-refractivity contribution in [1.82, 2.24) is 0 Å². The molecule has 0 saturated carbocycles. The van der Waals surface area contributed by atoms with E-state index < -0.39 is 0 Å². The normalized spacial score (nSPS) is 13.3. The molecule has 0 spiro atoms. The van der Waals surface area contributed by atoms with E-state index in [0.29, 0.717) is 0 Å². The Bertz CT molecular complexity index is 3670. The molecule has 0 atom stereocenters. The Morgan fingerprint density at radius 2 is 0.944 bits per heavy atom. The number of rotatable bonds is 6. The molecule has 3 heterocycles. The number of hydrogen-bond acceptors (Lipinski definition) is 4. The van der Waals surface area contributed by atoms with Crippen molar-refractivity contribution in [2.24, 2.45) is 0 Å². The fraction of sp³-hybridized carbons (Fsp3) is 0.182. The van der Waals surface area contributed by atoms with Crippen LogP contribution < -0.4 is 31.1 Å². The fourth-order valence-electron chi connectivity index (χ4n) is 11.1. The van der Waals surface area contributed by atoms with Gasteiger partial charge in [-0.15, -0.1) is 0 Å². The van der Waals surface area contributed by atoms with Crippen LogP contribution in [0.1, 0.15) is 79.0 Å². The van der Waals surface area contributed by atoms with E-state index in [9.17, 15) is 0 Å². The Morgan fingerprint density at radius 3 is 1.59 bits per heavy atom. The van der Waals surface area contributed by atoms with Crippen molar-refractivity contribution in [3.63, 3.8) is 0 Å². The number of benzene rings is 9. The lowest BCUT2D eigenvalue weighted by Gasteiger charge is -2.46. The molecule has 0 aliphatic carbocycles. The van der Waals surface area contributed by atoms with Gasteiger partial charge in [0, 0.05) is 50.5 Å². The van der Waals surface area contributed by atoms with E-state index in [2.05, 4.69) is 277 Å². The molecule has 9 aromatic carbocycles. The van der Waals surface area contributed by atoms with E-state index in [0.717, 1.165) is 61.8 Å². The summed E-state index contributed by atoms with van der Waals surface area (Å²) in [6.07, 6.45) is 0. The number of anilines is 9. The molecule has 348 valence electrons. The monoisotopic (exact) mass is 921 g/mol. The van der Waals surface area contributed by atoms with Gasteiger partial charge in [-0.3, -0.25) is 0 Å². The van der Waals surface area contributed by atoms with Crippen LogP contribution in [0.4, 0.5) is 51.2 Å². The SMILES string of the molecule is CC(C)(C)c1ccc(N2c3ccc(C(C)(C)C)cc3B3c4cc(C(C)(C)C)ccc4N(c4ccccc4-c4ccccc4)c4cc(N(c5ccccc5)c5cccc6c5oc5ccccc56)cc2c43)cc1. The van der Waals surface area contributed by atoms with Gasteiger partial charge in [0.2, 0.25) is 0 Å². The van der Waals surface area contributed by atoms with Crippen molar-refractivity contribution in [2.75, 3.05) is 14.7 Å².